The molecule has 0 heterocycles. The van der Waals surface area contributed by atoms with Crippen molar-refractivity contribution in [3.05, 3.63) is 35.4 Å². The van der Waals surface area contributed by atoms with Gasteiger partial charge in [-0.15, -0.1) is 0 Å². The second kappa shape index (κ2) is 8.15. The predicted molar refractivity (Wildman–Crippen MR) is 89.5 cm³/mol. The van der Waals surface area contributed by atoms with Crippen molar-refractivity contribution in [1.82, 2.24) is 15.5 Å². The van der Waals surface area contributed by atoms with Gasteiger partial charge in [0.2, 0.25) is 0 Å². The third kappa shape index (κ3) is 6.91. The molecule has 124 valence electrons. The Kier molecular flexibility index (Phi) is 6.84. The molecule has 5 nitrogen and oxygen atoms in total. The van der Waals surface area contributed by atoms with Gasteiger partial charge in [0.05, 0.1) is 6.10 Å². The summed E-state index contributed by atoms with van der Waals surface area (Å²) in [5.74, 6) is 0. The summed E-state index contributed by atoms with van der Waals surface area (Å²) >= 11 is 0. The summed E-state index contributed by atoms with van der Waals surface area (Å²) in [6.45, 7) is 7.40. The van der Waals surface area contributed by atoms with Crippen LogP contribution < -0.4 is 10.6 Å². The average Bonchev–Trinajstić information content (AvgIpc) is 2.41. The Hall–Kier alpha value is -1.59. The summed E-state index contributed by atoms with van der Waals surface area (Å²) in [5, 5.41) is 15.4. The molecule has 1 atom stereocenters. The molecule has 0 aliphatic heterocycles. The molecule has 22 heavy (non-hydrogen) atoms. The molecule has 0 fully saturated rings. The van der Waals surface area contributed by atoms with Crippen LogP contribution >= 0.6 is 0 Å². The Labute approximate surface area is 133 Å². The lowest BCUT2D eigenvalue weighted by atomic mass is 9.89. The number of amides is 2. The fourth-order valence-electron chi connectivity index (χ4n) is 1.94. The maximum absolute atomic E-state index is 11.8. The van der Waals surface area contributed by atoms with Crippen LogP contribution in [0.25, 0.3) is 0 Å². The van der Waals surface area contributed by atoms with Gasteiger partial charge in [-0.25, -0.2) is 4.79 Å². The zero-order chi connectivity index (χ0) is 16.8. The molecular formula is C17H29N3O2. The van der Waals surface area contributed by atoms with Gasteiger partial charge in [0.1, 0.15) is 0 Å². The van der Waals surface area contributed by atoms with E-state index in [2.05, 4.69) is 27.7 Å². The molecule has 0 aromatic heterocycles. The highest BCUT2D eigenvalue weighted by Gasteiger charge is 2.22. The van der Waals surface area contributed by atoms with Crippen LogP contribution in [-0.4, -0.2) is 42.8 Å². The first kappa shape index (κ1) is 18.5. The Bertz CT molecular complexity index is 481. The standard InChI is InChI=1S/C17H29N3O2/c1-17(2,3)15(21)11-19-16(22)18-10-13-7-6-8-14(9-13)12-20(4)5/h6-9,15,21H,10-12H2,1-5H3,(H2,18,19,22). The van der Waals surface area contributed by atoms with Crippen molar-refractivity contribution in [3.63, 3.8) is 0 Å². The molecule has 0 aliphatic carbocycles. The van der Waals surface area contributed by atoms with Crippen LogP contribution in [-0.2, 0) is 13.1 Å². The molecule has 0 radical (unpaired) electrons. The van der Waals surface area contributed by atoms with E-state index in [9.17, 15) is 9.90 Å². The van der Waals surface area contributed by atoms with E-state index >= 15 is 0 Å². The highest BCUT2D eigenvalue weighted by Crippen LogP contribution is 2.18. The number of carbonyl (C=O) groups is 1. The van der Waals surface area contributed by atoms with E-state index in [-0.39, 0.29) is 18.0 Å². The van der Waals surface area contributed by atoms with E-state index < -0.39 is 6.10 Å². The van der Waals surface area contributed by atoms with Gasteiger partial charge in [0, 0.05) is 19.6 Å². The van der Waals surface area contributed by atoms with Gasteiger partial charge in [-0.1, -0.05) is 45.0 Å². The molecule has 0 aliphatic rings. The molecular weight excluding hydrogens is 278 g/mol. The third-order valence-corrected chi connectivity index (χ3v) is 3.40. The molecule has 0 saturated heterocycles. The van der Waals surface area contributed by atoms with E-state index in [4.69, 9.17) is 0 Å². The number of hydrogen-bond acceptors (Lipinski definition) is 3. The maximum Gasteiger partial charge on any atom is 0.315 e. The predicted octanol–water partition coefficient (Wildman–Crippen LogP) is 1.95. The quantitative estimate of drug-likeness (QED) is 0.753. The average molecular weight is 307 g/mol. The topological polar surface area (TPSA) is 64.6 Å². The van der Waals surface area contributed by atoms with Crippen LogP contribution in [0.15, 0.2) is 24.3 Å². The van der Waals surface area contributed by atoms with E-state index in [1.165, 1.54) is 5.56 Å². The SMILES string of the molecule is CN(C)Cc1cccc(CNC(=O)NCC(O)C(C)(C)C)c1. The summed E-state index contributed by atoms with van der Waals surface area (Å²) in [5.41, 5.74) is 2.03. The van der Waals surface area contributed by atoms with Crippen molar-refractivity contribution in [3.8, 4) is 0 Å². The zero-order valence-electron chi connectivity index (χ0n) is 14.3. The first-order valence-corrected chi connectivity index (χ1v) is 7.61. The zero-order valence-corrected chi connectivity index (χ0v) is 14.3. The minimum Gasteiger partial charge on any atom is -0.391 e. The Morgan fingerprint density at radius 3 is 2.45 bits per heavy atom. The monoisotopic (exact) mass is 307 g/mol. The lowest BCUT2D eigenvalue weighted by Crippen LogP contribution is -2.43. The van der Waals surface area contributed by atoms with Crippen molar-refractivity contribution >= 4 is 6.03 Å². The summed E-state index contributed by atoms with van der Waals surface area (Å²) in [6, 6.07) is 7.88. The van der Waals surface area contributed by atoms with Crippen LogP contribution in [0.1, 0.15) is 31.9 Å². The maximum atomic E-state index is 11.8. The summed E-state index contributed by atoms with van der Waals surface area (Å²) in [6.07, 6.45) is -0.568. The van der Waals surface area contributed by atoms with Crippen LogP contribution in [0.2, 0.25) is 0 Å². The van der Waals surface area contributed by atoms with Crippen LogP contribution in [0.3, 0.4) is 0 Å². The molecule has 0 bridgehead atoms. The highest BCUT2D eigenvalue weighted by atomic mass is 16.3. The molecule has 2 amide bonds. The van der Waals surface area contributed by atoms with E-state index in [0.29, 0.717) is 6.54 Å². The van der Waals surface area contributed by atoms with Crippen LogP contribution in [0.4, 0.5) is 4.79 Å². The van der Waals surface area contributed by atoms with E-state index in [1.54, 1.807) is 0 Å². The lowest BCUT2D eigenvalue weighted by Gasteiger charge is -2.25. The molecule has 5 heteroatoms. The fraction of sp³-hybridized carbons (Fsp3) is 0.588. The molecule has 0 spiro atoms. The fourth-order valence-corrected chi connectivity index (χ4v) is 1.94. The Morgan fingerprint density at radius 1 is 1.23 bits per heavy atom. The number of aliphatic hydroxyl groups is 1. The normalized spacial score (nSPS) is 13.0. The smallest absolute Gasteiger partial charge is 0.315 e. The number of aliphatic hydroxyl groups excluding tert-OH is 1. The number of nitrogens with zero attached hydrogens (tertiary/aromatic N) is 1. The highest BCUT2D eigenvalue weighted by molar-refractivity contribution is 5.73. The number of benzene rings is 1. The minimum absolute atomic E-state index is 0.242. The molecule has 1 aromatic carbocycles. The van der Waals surface area contributed by atoms with Gasteiger partial charge < -0.3 is 20.6 Å². The molecule has 1 rings (SSSR count). The third-order valence-electron chi connectivity index (χ3n) is 3.40. The number of carbonyl (C=O) groups excluding carboxylic acids is 1. The number of hydrogen-bond donors (Lipinski definition) is 3. The second-order valence-corrected chi connectivity index (χ2v) is 7.00. The molecule has 1 unspecified atom stereocenters. The molecule has 0 saturated carbocycles. The molecule has 3 N–H and O–H groups in total. The van der Waals surface area contributed by atoms with Crippen molar-refractivity contribution in [2.45, 2.75) is 40.0 Å². The van der Waals surface area contributed by atoms with Crippen molar-refractivity contribution in [2.24, 2.45) is 5.41 Å². The van der Waals surface area contributed by atoms with Gasteiger partial charge >= 0.3 is 6.03 Å². The number of nitrogens with one attached hydrogen (secondary N) is 2. The summed E-state index contributed by atoms with van der Waals surface area (Å²) in [4.78, 5) is 13.9. The lowest BCUT2D eigenvalue weighted by molar-refractivity contribution is 0.0650. The Balaban J connectivity index is 2.41. The Morgan fingerprint density at radius 2 is 1.86 bits per heavy atom. The summed E-state index contributed by atoms with van der Waals surface area (Å²) in [7, 11) is 4.05. The van der Waals surface area contributed by atoms with Crippen LogP contribution in [0.5, 0.6) is 0 Å². The van der Waals surface area contributed by atoms with Crippen molar-refractivity contribution in [1.29, 1.82) is 0 Å². The van der Waals surface area contributed by atoms with E-state index in [0.717, 1.165) is 12.1 Å². The van der Waals surface area contributed by atoms with Gasteiger partial charge in [0.15, 0.2) is 0 Å². The van der Waals surface area contributed by atoms with E-state index in [1.807, 2.05) is 47.0 Å². The largest absolute Gasteiger partial charge is 0.391 e. The van der Waals surface area contributed by atoms with Crippen molar-refractivity contribution < 1.29 is 9.90 Å². The number of rotatable bonds is 6. The van der Waals surface area contributed by atoms with Crippen molar-refractivity contribution in [2.75, 3.05) is 20.6 Å². The minimum atomic E-state index is -0.568. The van der Waals surface area contributed by atoms with Crippen LogP contribution in [0, 0.1) is 5.41 Å². The second-order valence-electron chi connectivity index (χ2n) is 7.00. The first-order chi connectivity index (χ1) is 10.2. The van der Waals surface area contributed by atoms with Gasteiger partial charge in [-0.05, 0) is 30.6 Å². The first-order valence-electron chi connectivity index (χ1n) is 7.61. The number of urea groups is 1. The van der Waals surface area contributed by atoms with Gasteiger partial charge in [0.25, 0.3) is 0 Å². The van der Waals surface area contributed by atoms with Gasteiger partial charge in [-0.2, -0.15) is 0 Å². The molecule has 1 aromatic rings. The summed E-state index contributed by atoms with van der Waals surface area (Å²) < 4.78 is 0. The van der Waals surface area contributed by atoms with Gasteiger partial charge in [-0.3, -0.25) is 0 Å².